The zero-order chi connectivity index (χ0) is 18.9. The largest absolute Gasteiger partial charge is 0.419 e. The summed E-state index contributed by atoms with van der Waals surface area (Å²) in [4.78, 5) is 0. The molecule has 0 unspecified atom stereocenters. The van der Waals surface area contributed by atoms with Gasteiger partial charge in [-0.25, -0.2) is 0 Å². The van der Waals surface area contributed by atoms with Gasteiger partial charge in [-0.2, -0.15) is 0 Å². The van der Waals surface area contributed by atoms with Crippen LogP contribution < -0.4 is 5.32 Å². The topological polar surface area (TPSA) is 51.0 Å². The molecule has 1 atom stereocenters. The van der Waals surface area contributed by atoms with Crippen molar-refractivity contribution < 1.29 is 4.42 Å². The molecule has 0 spiro atoms. The number of hydrogen-bond acceptors (Lipinski definition) is 4. The maximum Gasteiger partial charge on any atom is 0.247 e. The molecule has 1 aromatic heterocycles. The van der Waals surface area contributed by atoms with E-state index in [1.165, 1.54) is 24.0 Å². The summed E-state index contributed by atoms with van der Waals surface area (Å²) in [5.41, 5.74) is 3.72. The fourth-order valence-electron chi connectivity index (χ4n) is 3.40. The summed E-state index contributed by atoms with van der Waals surface area (Å²) in [6.07, 6.45) is 2.56. The van der Waals surface area contributed by atoms with Crippen LogP contribution in [0.15, 0.2) is 59.0 Å². The third-order valence-corrected chi connectivity index (χ3v) is 5.19. The molecule has 2 aromatic carbocycles. The standard InChI is InChI=1S/C23H27N3O/c1-23(2,3)19-13-11-18(12-14-19)22-26-25-20(27-22)15-24-21(17-9-10-17)16-7-5-4-6-8-16/h4-8,11-14,17,21,24H,9-10,15H2,1-3H3/t21-/m1/s1. The maximum absolute atomic E-state index is 5.90. The molecular formula is C23H27N3O. The molecule has 0 aliphatic heterocycles. The summed E-state index contributed by atoms with van der Waals surface area (Å²) < 4.78 is 5.90. The molecule has 3 aromatic rings. The van der Waals surface area contributed by atoms with E-state index in [0.717, 1.165) is 5.56 Å². The molecule has 4 heteroatoms. The van der Waals surface area contributed by atoms with E-state index in [1.807, 2.05) is 0 Å². The second-order valence-corrected chi connectivity index (χ2v) is 8.43. The van der Waals surface area contributed by atoms with Crippen molar-refractivity contribution in [1.29, 1.82) is 0 Å². The van der Waals surface area contributed by atoms with Crippen LogP contribution in [0, 0.1) is 5.92 Å². The van der Waals surface area contributed by atoms with Gasteiger partial charge in [-0.3, -0.25) is 0 Å². The highest BCUT2D eigenvalue weighted by atomic mass is 16.4. The zero-order valence-electron chi connectivity index (χ0n) is 16.3. The highest BCUT2D eigenvalue weighted by Gasteiger charge is 2.32. The van der Waals surface area contributed by atoms with Gasteiger partial charge in [-0.1, -0.05) is 63.2 Å². The van der Waals surface area contributed by atoms with Crippen molar-refractivity contribution in [3.8, 4) is 11.5 Å². The Kier molecular flexibility index (Phi) is 4.83. The van der Waals surface area contributed by atoms with Gasteiger partial charge in [0.05, 0.1) is 6.54 Å². The number of nitrogens with zero attached hydrogens (tertiary/aromatic N) is 2. The lowest BCUT2D eigenvalue weighted by Crippen LogP contribution is -2.22. The SMILES string of the molecule is CC(C)(C)c1ccc(-c2nnc(CN[C@H](c3ccccc3)C3CC3)o2)cc1. The van der Waals surface area contributed by atoms with Crippen LogP contribution in [0.2, 0.25) is 0 Å². The summed E-state index contributed by atoms with van der Waals surface area (Å²) in [6, 6.07) is 19.4. The summed E-state index contributed by atoms with van der Waals surface area (Å²) in [5, 5.41) is 12.1. The van der Waals surface area contributed by atoms with Crippen LogP contribution in [0.3, 0.4) is 0 Å². The number of benzene rings is 2. The fourth-order valence-corrected chi connectivity index (χ4v) is 3.40. The Hall–Kier alpha value is -2.46. The van der Waals surface area contributed by atoms with Gasteiger partial charge in [0.25, 0.3) is 0 Å². The summed E-state index contributed by atoms with van der Waals surface area (Å²) in [7, 11) is 0. The molecule has 1 aliphatic rings. The Morgan fingerprint density at radius 1 is 1.00 bits per heavy atom. The number of nitrogens with one attached hydrogen (secondary N) is 1. The van der Waals surface area contributed by atoms with Gasteiger partial charge in [0.15, 0.2) is 0 Å². The number of aromatic nitrogens is 2. The van der Waals surface area contributed by atoms with E-state index < -0.39 is 0 Å². The predicted octanol–water partition coefficient (Wildman–Crippen LogP) is 5.28. The molecule has 0 radical (unpaired) electrons. The lowest BCUT2D eigenvalue weighted by molar-refractivity contribution is 0.420. The normalized spacial score (nSPS) is 15.7. The average molecular weight is 361 g/mol. The molecule has 1 aliphatic carbocycles. The first kappa shape index (κ1) is 17.9. The Morgan fingerprint density at radius 3 is 2.33 bits per heavy atom. The third-order valence-electron chi connectivity index (χ3n) is 5.19. The molecule has 1 saturated carbocycles. The summed E-state index contributed by atoms with van der Waals surface area (Å²) in [5.74, 6) is 1.92. The van der Waals surface area contributed by atoms with Crippen molar-refractivity contribution in [2.45, 2.75) is 51.6 Å². The smallest absolute Gasteiger partial charge is 0.247 e. The van der Waals surface area contributed by atoms with E-state index >= 15 is 0 Å². The summed E-state index contributed by atoms with van der Waals surface area (Å²) in [6.45, 7) is 7.22. The first-order valence-electron chi connectivity index (χ1n) is 9.72. The van der Waals surface area contributed by atoms with Crippen LogP contribution in [-0.4, -0.2) is 10.2 Å². The van der Waals surface area contributed by atoms with E-state index in [2.05, 4.69) is 90.9 Å². The van der Waals surface area contributed by atoms with Crippen LogP contribution in [0.1, 0.15) is 56.7 Å². The van der Waals surface area contributed by atoms with Crippen molar-refractivity contribution in [1.82, 2.24) is 15.5 Å². The van der Waals surface area contributed by atoms with Crippen LogP contribution in [-0.2, 0) is 12.0 Å². The minimum Gasteiger partial charge on any atom is -0.419 e. The lowest BCUT2D eigenvalue weighted by atomic mass is 9.87. The number of hydrogen-bond donors (Lipinski definition) is 1. The summed E-state index contributed by atoms with van der Waals surface area (Å²) >= 11 is 0. The van der Waals surface area contributed by atoms with Crippen molar-refractivity contribution in [2.75, 3.05) is 0 Å². The Labute approximate surface area is 161 Å². The van der Waals surface area contributed by atoms with E-state index in [9.17, 15) is 0 Å². The molecule has 4 nitrogen and oxygen atoms in total. The van der Waals surface area contributed by atoms with Gasteiger partial charge < -0.3 is 9.73 Å². The average Bonchev–Trinajstić information content (AvgIpc) is 3.39. The molecular weight excluding hydrogens is 334 g/mol. The minimum atomic E-state index is 0.137. The number of rotatable bonds is 6. The van der Waals surface area contributed by atoms with Crippen molar-refractivity contribution in [2.24, 2.45) is 5.92 Å². The van der Waals surface area contributed by atoms with Gasteiger partial charge in [-0.15, -0.1) is 10.2 Å². The molecule has 140 valence electrons. The van der Waals surface area contributed by atoms with Crippen LogP contribution >= 0.6 is 0 Å². The van der Waals surface area contributed by atoms with Gasteiger partial charge in [-0.05, 0) is 47.4 Å². The monoisotopic (exact) mass is 361 g/mol. The van der Waals surface area contributed by atoms with Crippen molar-refractivity contribution >= 4 is 0 Å². The van der Waals surface area contributed by atoms with Crippen LogP contribution in [0.25, 0.3) is 11.5 Å². The Balaban J connectivity index is 1.43. The first-order chi connectivity index (χ1) is 13.0. The molecule has 0 saturated heterocycles. The second kappa shape index (κ2) is 7.28. The first-order valence-corrected chi connectivity index (χ1v) is 9.72. The molecule has 1 N–H and O–H groups in total. The van der Waals surface area contributed by atoms with Crippen molar-refractivity contribution in [3.63, 3.8) is 0 Å². The Bertz CT molecular complexity index is 874. The molecule has 27 heavy (non-hydrogen) atoms. The van der Waals surface area contributed by atoms with E-state index in [0.29, 0.717) is 30.3 Å². The van der Waals surface area contributed by atoms with E-state index in [-0.39, 0.29) is 5.41 Å². The van der Waals surface area contributed by atoms with Gasteiger partial charge >= 0.3 is 0 Å². The molecule has 1 heterocycles. The minimum absolute atomic E-state index is 0.137. The molecule has 1 fully saturated rings. The third kappa shape index (κ3) is 4.28. The Morgan fingerprint density at radius 2 is 1.70 bits per heavy atom. The molecule has 0 amide bonds. The van der Waals surface area contributed by atoms with Crippen LogP contribution in [0.5, 0.6) is 0 Å². The van der Waals surface area contributed by atoms with E-state index in [1.54, 1.807) is 0 Å². The predicted molar refractivity (Wildman–Crippen MR) is 107 cm³/mol. The fraction of sp³-hybridized carbons (Fsp3) is 0.391. The van der Waals surface area contributed by atoms with Gasteiger partial charge in [0.2, 0.25) is 11.8 Å². The second-order valence-electron chi connectivity index (χ2n) is 8.43. The molecule has 4 rings (SSSR count). The van der Waals surface area contributed by atoms with Crippen LogP contribution in [0.4, 0.5) is 0 Å². The van der Waals surface area contributed by atoms with Crippen molar-refractivity contribution in [3.05, 3.63) is 71.6 Å². The molecule has 0 bridgehead atoms. The maximum atomic E-state index is 5.90. The van der Waals surface area contributed by atoms with Gasteiger partial charge in [0, 0.05) is 11.6 Å². The van der Waals surface area contributed by atoms with E-state index in [4.69, 9.17) is 4.42 Å². The lowest BCUT2D eigenvalue weighted by Gasteiger charge is -2.18. The highest BCUT2D eigenvalue weighted by Crippen LogP contribution is 2.41. The van der Waals surface area contributed by atoms with Gasteiger partial charge in [0.1, 0.15) is 0 Å². The quantitative estimate of drug-likeness (QED) is 0.649. The highest BCUT2D eigenvalue weighted by molar-refractivity contribution is 5.53. The zero-order valence-corrected chi connectivity index (χ0v) is 16.3.